The predicted molar refractivity (Wildman–Crippen MR) is 94.3 cm³/mol. The van der Waals surface area contributed by atoms with Crippen LogP contribution in [0.2, 0.25) is 0 Å². The monoisotopic (exact) mass is 335 g/mol. The molecule has 1 aliphatic heterocycles. The number of carbonyl (C=O) groups is 1. The minimum atomic E-state index is -0.357. The van der Waals surface area contributed by atoms with Crippen LogP contribution in [0.3, 0.4) is 0 Å². The van der Waals surface area contributed by atoms with E-state index in [-0.39, 0.29) is 11.9 Å². The Morgan fingerprint density at radius 3 is 2.21 bits per heavy atom. The Kier molecular flexibility index (Phi) is 6.87. The second-order valence-electron chi connectivity index (χ2n) is 6.22. The minimum absolute atomic E-state index is 0.0829. The lowest BCUT2D eigenvalue weighted by atomic mass is 10.1. The summed E-state index contributed by atoms with van der Waals surface area (Å²) < 4.78 is 10.6. The number of hydrogen-bond donors (Lipinski definition) is 1. The number of hydrogen-bond acceptors (Lipinski definition) is 5. The van der Waals surface area contributed by atoms with E-state index in [9.17, 15) is 4.79 Å². The third-order valence-electron chi connectivity index (χ3n) is 4.42. The van der Waals surface area contributed by atoms with Crippen molar-refractivity contribution < 1.29 is 14.3 Å². The molecule has 6 heteroatoms. The molecule has 134 valence electrons. The Bertz CT molecular complexity index is 520. The van der Waals surface area contributed by atoms with Gasteiger partial charge in [0.05, 0.1) is 20.3 Å². The van der Waals surface area contributed by atoms with Crippen LogP contribution in [0.25, 0.3) is 0 Å². The third-order valence-corrected chi connectivity index (χ3v) is 4.42. The van der Waals surface area contributed by atoms with Crippen molar-refractivity contribution in [2.75, 3.05) is 40.4 Å². The average Bonchev–Trinajstić information content (AvgIpc) is 2.61. The van der Waals surface area contributed by atoms with E-state index in [0.717, 1.165) is 62.6 Å². The van der Waals surface area contributed by atoms with Gasteiger partial charge >= 0.3 is 0 Å². The van der Waals surface area contributed by atoms with Crippen LogP contribution >= 0.6 is 0 Å². The van der Waals surface area contributed by atoms with Gasteiger partial charge in [-0.15, -0.1) is 0 Å². The molecule has 1 atom stereocenters. The lowest BCUT2D eigenvalue weighted by Crippen LogP contribution is -2.52. The van der Waals surface area contributed by atoms with E-state index >= 15 is 0 Å². The van der Waals surface area contributed by atoms with Gasteiger partial charge in [-0.2, -0.15) is 0 Å². The van der Waals surface area contributed by atoms with Crippen molar-refractivity contribution in [3.63, 3.8) is 0 Å². The normalized spacial score (nSPS) is 16.8. The first kappa shape index (κ1) is 18.5. The van der Waals surface area contributed by atoms with Crippen molar-refractivity contribution in [2.24, 2.45) is 5.73 Å². The van der Waals surface area contributed by atoms with E-state index < -0.39 is 0 Å². The molecule has 0 bridgehead atoms. The fourth-order valence-corrected chi connectivity index (χ4v) is 3.01. The van der Waals surface area contributed by atoms with Gasteiger partial charge < -0.3 is 20.1 Å². The first-order valence-corrected chi connectivity index (χ1v) is 8.56. The molecule has 2 N–H and O–H groups in total. The summed E-state index contributed by atoms with van der Waals surface area (Å²) in [4.78, 5) is 16.5. The first-order valence-electron chi connectivity index (χ1n) is 8.56. The summed E-state index contributed by atoms with van der Waals surface area (Å²) in [5, 5.41) is 0. The molecular formula is C18H29N3O3. The van der Waals surface area contributed by atoms with E-state index in [1.807, 2.05) is 30.0 Å². The van der Waals surface area contributed by atoms with Gasteiger partial charge in [0.1, 0.15) is 11.5 Å². The molecule has 0 aliphatic carbocycles. The van der Waals surface area contributed by atoms with Gasteiger partial charge in [-0.05, 0) is 24.1 Å². The fourth-order valence-electron chi connectivity index (χ4n) is 3.01. The van der Waals surface area contributed by atoms with Crippen LogP contribution in [-0.4, -0.2) is 62.1 Å². The zero-order valence-electron chi connectivity index (χ0n) is 15.0. The summed E-state index contributed by atoms with van der Waals surface area (Å²) in [7, 11) is 3.31. The highest BCUT2D eigenvalue weighted by atomic mass is 16.5. The molecular weight excluding hydrogens is 306 g/mol. The summed E-state index contributed by atoms with van der Waals surface area (Å²) in [5.41, 5.74) is 7.10. The molecule has 0 saturated carbocycles. The summed E-state index contributed by atoms with van der Waals surface area (Å²) >= 11 is 0. The fraction of sp³-hybridized carbons (Fsp3) is 0.611. The smallest absolute Gasteiger partial charge is 0.239 e. The Balaban J connectivity index is 1.90. The maximum atomic E-state index is 12.3. The Morgan fingerprint density at radius 2 is 1.71 bits per heavy atom. The molecule has 1 fully saturated rings. The summed E-state index contributed by atoms with van der Waals surface area (Å²) in [6.07, 6.45) is 1.69. The van der Waals surface area contributed by atoms with Gasteiger partial charge in [0, 0.05) is 38.8 Å². The highest BCUT2D eigenvalue weighted by Crippen LogP contribution is 2.23. The van der Waals surface area contributed by atoms with Crippen LogP contribution in [-0.2, 0) is 11.3 Å². The number of benzene rings is 1. The molecule has 1 saturated heterocycles. The summed E-state index contributed by atoms with van der Waals surface area (Å²) in [5.74, 6) is 1.67. The van der Waals surface area contributed by atoms with Gasteiger partial charge in [0.2, 0.25) is 5.91 Å². The number of carbonyl (C=O) groups excluding carboxylic acids is 1. The lowest BCUT2D eigenvalue weighted by Gasteiger charge is -2.36. The van der Waals surface area contributed by atoms with Crippen LogP contribution < -0.4 is 15.2 Å². The Labute approximate surface area is 144 Å². The number of ether oxygens (including phenoxy) is 2. The van der Waals surface area contributed by atoms with Crippen LogP contribution in [0.5, 0.6) is 11.5 Å². The highest BCUT2D eigenvalue weighted by Gasteiger charge is 2.24. The van der Waals surface area contributed by atoms with Crippen molar-refractivity contribution >= 4 is 5.91 Å². The van der Waals surface area contributed by atoms with Crippen molar-refractivity contribution in [3.8, 4) is 11.5 Å². The topological polar surface area (TPSA) is 68.0 Å². The minimum Gasteiger partial charge on any atom is -0.497 e. The summed E-state index contributed by atoms with van der Waals surface area (Å²) in [6.45, 7) is 6.03. The van der Waals surface area contributed by atoms with Gasteiger partial charge in [0.15, 0.2) is 0 Å². The third kappa shape index (κ3) is 4.85. The molecule has 0 radical (unpaired) electrons. The van der Waals surface area contributed by atoms with Crippen LogP contribution in [0.1, 0.15) is 25.3 Å². The molecule has 1 amide bonds. The van der Waals surface area contributed by atoms with Crippen molar-refractivity contribution in [1.29, 1.82) is 0 Å². The largest absolute Gasteiger partial charge is 0.497 e. The highest BCUT2D eigenvalue weighted by molar-refractivity contribution is 5.81. The Morgan fingerprint density at radius 1 is 1.12 bits per heavy atom. The van der Waals surface area contributed by atoms with Crippen LogP contribution in [0.15, 0.2) is 18.2 Å². The van der Waals surface area contributed by atoms with E-state index in [1.165, 1.54) is 0 Å². The molecule has 1 heterocycles. The molecule has 0 spiro atoms. The number of nitrogens with zero attached hydrogens (tertiary/aromatic N) is 2. The predicted octanol–water partition coefficient (Wildman–Crippen LogP) is 1.48. The maximum absolute atomic E-state index is 12.3. The van der Waals surface area contributed by atoms with Crippen molar-refractivity contribution in [3.05, 3.63) is 23.8 Å². The number of piperazine rings is 1. The summed E-state index contributed by atoms with van der Waals surface area (Å²) in [6, 6.07) is 5.56. The molecule has 1 unspecified atom stereocenters. The van der Waals surface area contributed by atoms with Crippen LogP contribution in [0.4, 0.5) is 0 Å². The second kappa shape index (κ2) is 8.89. The van der Waals surface area contributed by atoms with E-state index in [1.54, 1.807) is 14.2 Å². The van der Waals surface area contributed by atoms with Crippen molar-refractivity contribution in [2.45, 2.75) is 32.4 Å². The van der Waals surface area contributed by atoms with E-state index in [4.69, 9.17) is 15.2 Å². The lowest BCUT2D eigenvalue weighted by molar-refractivity contribution is -0.134. The molecule has 1 aromatic rings. The Hall–Kier alpha value is -1.79. The SMILES string of the molecule is CCCC(N)C(=O)N1CCN(Cc2cc(OC)cc(OC)c2)CC1. The second-order valence-corrected chi connectivity index (χ2v) is 6.22. The van der Waals surface area contributed by atoms with Gasteiger partial charge in [-0.1, -0.05) is 13.3 Å². The number of rotatable bonds is 7. The first-order chi connectivity index (χ1) is 11.6. The average molecular weight is 335 g/mol. The molecule has 0 aromatic heterocycles. The number of amides is 1. The van der Waals surface area contributed by atoms with Crippen molar-refractivity contribution in [1.82, 2.24) is 9.80 Å². The zero-order valence-corrected chi connectivity index (χ0v) is 15.0. The maximum Gasteiger partial charge on any atom is 0.239 e. The molecule has 6 nitrogen and oxygen atoms in total. The molecule has 24 heavy (non-hydrogen) atoms. The van der Waals surface area contributed by atoms with Gasteiger partial charge in [-0.25, -0.2) is 0 Å². The quantitative estimate of drug-likeness (QED) is 0.817. The zero-order chi connectivity index (χ0) is 17.5. The molecule has 2 rings (SSSR count). The van der Waals surface area contributed by atoms with Gasteiger partial charge in [0.25, 0.3) is 0 Å². The van der Waals surface area contributed by atoms with E-state index in [0.29, 0.717) is 0 Å². The van der Waals surface area contributed by atoms with Gasteiger partial charge in [-0.3, -0.25) is 9.69 Å². The standard InChI is InChI=1S/C18H29N3O3/c1-4-5-17(19)18(22)21-8-6-20(7-9-21)13-14-10-15(23-2)12-16(11-14)24-3/h10-12,17H,4-9,13,19H2,1-3H3. The number of nitrogens with two attached hydrogens (primary N) is 1. The number of methoxy groups -OCH3 is 2. The molecule has 1 aliphatic rings. The van der Waals surface area contributed by atoms with E-state index in [2.05, 4.69) is 4.90 Å². The van der Waals surface area contributed by atoms with Crippen LogP contribution in [0, 0.1) is 0 Å². The molecule has 1 aromatic carbocycles.